The molecule has 0 N–H and O–H groups in total. The highest BCUT2D eigenvalue weighted by atomic mass is 28.4. The van der Waals surface area contributed by atoms with Gasteiger partial charge in [0.05, 0.1) is 17.4 Å². The molecule has 1 aliphatic rings. The second-order valence-electron chi connectivity index (χ2n) is 14.1. The molecule has 0 aliphatic carbocycles. The Morgan fingerprint density at radius 2 is 1.57 bits per heavy atom. The third-order valence-corrected chi connectivity index (χ3v) is 14.2. The average Bonchev–Trinajstić information content (AvgIpc) is 3.31. The summed E-state index contributed by atoms with van der Waals surface area (Å²) in [5, 5.41) is 0.181. The van der Waals surface area contributed by atoms with Crippen LogP contribution >= 0.6 is 0 Å². The molecule has 4 rings (SSSR count). The Kier molecular flexibility index (Phi) is 9.44. The zero-order valence-corrected chi connectivity index (χ0v) is 27.9. The van der Waals surface area contributed by atoms with Gasteiger partial charge < -0.3 is 13.7 Å². The first-order valence-corrected chi connectivity index (χ1v) is 18.6. The Bertz CT molecular complexity index is 1300. The molecule has 1 atom stereocenters. The van der Waals surface area contributed by atoms with Crippen molar-refractivity contribution in [2.45, 2.75) is 143 Å². The summed E-state index contributed by atoms with van der Waals surface area (Å²) in [5.41, 5.74) is 7.48. The van der Waals surface area contributed by atoms with Crippen molar-refractivity contribution >= 4 is 19.4 Å². The lowest BCUT2D eigenvalue weighted by Crippen LogP contribution is -2.44. The summed E-state index contributed by atoms with van der Waals surface area (Å²) in [4.78, 5) is 4.51. The molecular formula is C35H54N2O2Si. The van der Waals surface area contributed by atoms with Crippen LogP contribution in [0.15, 0.2) is 30.6 Å². The van der Waals surface area contributed by atoms with E-state index in [1.165, 1.54) is 72.7 Å². The maximum absolute atomic E-state index is 6.87. The molecule has 40 heavy (non-hydrogen) atoms. The van der Waals surface area contributed by atoms with Gasteiger partial charge in [-0.1, -0.05) is 65.0 Å². The van der Waals surface area contributed by atoms with Gasteiger partial charge in [0, 0.05) is 12.1 Å². The molecule has 0 unspecified atom stereocenters. The highest BCUT2D eigenvalue weighted by Gasteiger charge is 2.41. The van der Waals surface area contributed by atoms with Gasteiger partial charge in [-0.25, -0.2) is 4.98 Å². The number of unbranched alkanes of at least 4 members (excludes halogenated alkanes) is 6. The highest BCUT2D eigenvalue weighted by molar-refractivity contribution is 6.74. The second kappa shape index (κ2) is 12.3. The van der Waals surface area contributed by atoms with Crippen LogP contribution in [0.25, 0.3) is 11.0 Å². The first-order chi connectivity index (χ1) is 18.8. The molecule has 2 heterocycles. The minimum atomic E-state index is -1.91. The van der Waals surface area contributed by atoms with E-state index < -0.39 is 8.32 Å². The Hall–Kier alpha value is -2.27. The molecule has 220 valence electrons. The number of aromatic nitrogens is 2. The first-order valence-electron chi connectivity index (χ1n) is 15.7. The van der Waals surface area contributed by atoms with Crippen LogP contribution in [0.3, 0.4) is 0 Å². The minimum Gasteiger partial charge on any atom is -0.543 e. The van der Waals surface area contributed by atoms with Crippen molar-refractivity contribution < 1.29 is 9.16 Å². The number of hydrogen-bond acceptors (Lipinski definition) is 3. The van der Waals surface area contributed by atoms with Crippen molar-refractivity contribution in [1.82, 2.24) is 9.55 Å². The van der Waals surface area contributed by atoms with Gasteiger partial charge >= 0.3 is 0 Å². The monoisotopic (exact) mass is 562 g/mol. The Balaban J connectivity index is 1.22. The molecule has 0 saturated carbocycles. The lowest BCUT2D eigenvalue weighted by atomic mass is 9.84. The summed E-state index contributed by atoms with van der Waals surface area (Å²) in [5.74, 6) is 2.26. The normalized spacial score (nSPS) is 17.6. The van der Waals surface area contributed by atoms with Crippen molar-refractivity contribution in [2.75, 3.05) is 0 Å². The third kappa shape index (κ3) is 6.78. The van der Waals surface area contributed by atoms with E-state index in [-0.39, 0.29) is 10.6 Å². The van der Waals surface area contributed by atoms with Gasteiger partial charge in [0.25, 0.3) is 8.32 Å². The molecular weight excluding hydrogens is 508 g/mol. The number of ether oxygens (including phenoxy) is 1. The number of fused-ring (bicyclic) bond motifs is 2. The summed E-state index contributed by atoms with van der Waals surface area (Å²) in [7, 11) is -1.91. The smallest absolute Gasteiger partial charge is 0.250 e. The number of benzene rings is 2. The van der Waals surface area contributed by atoms with Crippen molar-refractivity contribution in [3.05, 3.63) is 52.8 Å². The van der Waals surface area contributed by atoms with E-state index in [1.54, 1.807) is 0 Å². The van der Waals surface area contributed by atoms with Crippen LogP contribution in [-0.4, -0.2) is 23.5 Å². The van der Waals surface area contributed by atoms with Crippen LogP contribution in [0.2, 0.25) is 18.1 Å². The minimum absolute atomic E-state index is 0.0635. The predicted molar refractivity (Wildman–Crippen MR) is 173 cm³/mol. The lowest BCUT2D eigenvalue weighted by molar-refractivity contribution is 0.0522. The van der Waals surface area contributed by atoms with E-state index in [1.807, 2.05) is 6.33 Å². The highest BCUT2D eigenvalue weighted by Crippen LogP contribution is 2.47. The Morgan fingerprint density at radius 3 is 2.27 bits per heavy atom. The van der Waals surface area contributed by atoms with Crippen LogP contribution in [-0.2, 0) is 13.0 Å². The zero-order chi connectivity index (χ0) is 29.1. The topological polar surface area (TPSA) is 36.3 Å². The largest absolute Gasteiger partial charge is 0.543 e. The van der Waals surface area contributed by atoms with E-state index in [0.29, 0.717) is 0 Å². The summed E-state index contributed by atoms with van der Waals surface area (Å²) in [6.07, 6.45) is 14.4. The number of para-hydroxylation sites is 2. The van der Waals surface area contributed by atoms with E-state index in [4.69, 9.17) is 9.16 Å². The zero-order valence-electron chi connectivity index (χ0n) is 26.9. The summed E-state index contributed by atoms with van der Waals surface area (Å²) in [6.45, 7) is 21.7. The third-order valence-electron chi connectivity index (χ3n) is 9.86. The average molecular weight is 563 g/mol. The van der Waals surface area contributed by atoms with Gasteiger partial charge in [-0.15, -0.1) is 0 Å². The van der Waals surface area contributed by atoms with Gasteiger partial charge in [0.2, 0.25) is 0 Å². The summed E-state index contributed by atoms with van der Waals surface area (Å²) < 4.78 is 16.0. The van der Waals surface area contributed by atoms with Gasteiger partial charge in [0.15, 0.2) is 0 Å². The van der Waals surface area contributed by atoms with E-state index >= 15 is 0 Å². The lowest BCUT2D eigenvalue weighted by Gasteiger charge is -2.41. The van der Waals surface area contributed by atoms with E-state index in [2.05, 4.69) is 95.4 Å². The van der Waals surface area contributed by atoms with Crippen LogP contribution in [0.4, 0.5) is 0 Å². The molecule has 0 spiro atoms. The van der Waals surface area contributed by atoms with Crippen LogP contribution in [0.1, 0.15) is 108 Å². The summed E-state index contributed by atoms with van der Waals surface area (Å²) in [6, 6.07) is 8.42. The van der Waals surface area contributed by atoms with Crippen LogP contribution in [0, 0.1) is 20.8 Å². The molecule has 0 saturated heterocycles. The molecule has 1 aromatic heterocycles. The summed E-state index contributed by atoms with van der Waals surface area (Å²) >= 11 is 0. The van der Waals surface area contributed by atoms with Crippen LogP contribution < -0.4 is 9.16 Å². The quantitative estimate of drug-likeness (QED) is 0.163. The molecule has 2 aromatic carbocycles. The predicted octanol–water partition coefficient (Wildman–Crippen LogP) is 10.3. The van der Waals surface area contributed by atoms with Gasteiger partial charge in [-0.3, -0.25) is 0 Å². The fraction of sp³-hybridized carbons (Fsp3) is 0.629. The van der Waals surface area contributed by atoms with Crippen molar-refractivity contribution in [1.29, 1.82) is 0 Å². The van der Waals surface area contributed by atoms with Gasteiger partial charge in [-0.2, -0.15) is 0 Å². The van der Waals surface area contributed by atoms with Crippen LogP contribution in [0.5, 0.6) is 11.5 Å². The molecule has 1 aliphatic heterocycles. The number of imidazole rings is 1. The maximum atomic E-state index is 6.87. The fourth-order valence-electron chi connectivity index (χ4n) is 5.87. The van der Waals surface area contributed by atoms with Gasteiger partial charge in [0.1, 0.15) is 17.1 Å². The molecule has 3 aromatic rings. The van der Waals surface area contributed by atoms with Crippen molar-refractivity contribution in [3.63, 3.8) is 0 Å². The van der Waals surface area contributed by atoms with E-state index in [0.717, 1.165) is 42.8 Å². The number of hydrogen-bond donors (Lipinski definition) is 0. The molecule has 0 amide bonds. The Labute approximate surface area is 245 Å². The second-order valence-corrected chi connectivity index (χ2v) is 18.8. The fourth-order valence-corrected chi connectivity index (χ4v) is 7.00. The SMILES string of the molecule is Cc1c(C)c2c(c(C)c1O[Si](C)(C)C(C)(C)C)CC[C@@](C)(CCCCCCCCCn1cnc3ccccc31)O2. The Morgan fingerprint density at radius 1 is 0.925 bits per heavy atom. The molecule has 0 fully saturated rings. The first kappa shape index (κ1) is 30.7. The number of nitrogens with zero attached hydrogens (tertiary/aromatic N) is 2. The van der Waals surface area contributed by atoms with Crippen molar-refractivity contribution in [3.8, 4) is 11.5 Å². The molecule has 4 nitrogen and oxygen atoms in total. The maximum Gasteiger partial charge on any atom is 0.250 e. The number of rotatable bonds is 12. The van der Waals surface area contributed by atoms with E-state index in [9.17, 15) is 0 Å². The molecule has 0 radical (unpaired) electrons. The molecule has 5 heteroatoms. The van der Waals surface area contributed by atoms with Crippen molar-refractivity contribution in [2.24, 2.45) is 0 Å². The van der Waals surface area contributed by atoms with Gasteiger partial charge in [-0.05, 0) is 107 Å². The standard InChI is InChI=1S/C35H54N2O2Si/c1-26-27(2)33-29(28(3)32(26)39-40(8,9)34(4,5)6)21-23-35(7,38-33)22-17-13-11-10-12-14-18-24-37-25-36-30-19-15-16-20-31(30)37/h15-16,19-20,25H,10-14,17-18,21-24H2,1-9H3/t35-/m1/s1. The number of aryl methyl sites for hydroxylation is 1. The molecule has 0 bridgehead atoms.